The fourth-order valence-electron chi connectivity index (χ4n) is 3.48. The van der Waals surface area contributed by atoms with Gasteiger partial charge in [0.15, 0.2) is 0 Å². The normalized spacial score (nSPS) is 19.5. The minimum atomic E-state index is -4.48. The van der Waals surface area contributed by atoms with Crippen molar-refractivity contribution in [2.24, 2.45) is 0 Å². The molecular formula is C19H19F5N4. The third-order valence-corrected chi connectivity index (χ3v) is 5.25. The van der Waals surface area contributed by atoms with Crippen molar-refractivity contribution < 1.29 is 22.0 Å². The molecule has 0 bridgehead atoms. The van der Waals surface area contributed by atoms with E-state index >= 15 is 0 Å². The molecule has 1 N–H and O–H groups in total. The first-order chi connectivity index (χ1) is 13.2. The van der Waals surface area contributed by atoms with Gasteiger partial charge in [0.2, 0.25) is 0 Å². The summed E-state index contributed by atoms with van der Waals surface area (Å²) in [6.45, 7) is -0.218. The molecule has 1 saturated heterocycles. The molecule has 1 saturated carbocycles. The average Bonchev–Trinajstić information content (AvgIpc) is 2.93. The summed E-state index contributed by atoms with van der Waals surface area (Å²) in [4.78, 5) is 9.81. The zero-order chi connectivity index (χ0) is 19.9. The van der Waals surface area contributed by atoms with Crippen LogP contribution >= 0.6 is 0 Å². The molecule has 2 aromatic rings. The predicted molar refractivity (Wildman–Crippen MR) is 95.1 cm³/mol. The van der Waals surface area contributed by atoms with E-state index in [0.29, 0.717) is 17.6 Å². The van der Waals surface area contributed by atoms with Crippen molar-refractivity contribution in [2.45, 2.75) is 43.7 Å². The molecule has 4 rings (SSSR count). The van der Waals surface area contributed by atoms with E-state index in [1.165, 1.54) is 4.90 Å². The van der Waals surface area contributed by atoms with E-state index in [1.54, 1.807) is 6.07 Å². The van der Waals surface area contributed by atoms with E-state index in [2.05, 4.69) is 15.3 Å². The van der Waals surface area contributed by atoms with Crippen molar-refractivity contribution >= 4 is 17.5 Å². The van der Waals surface area contributed by atoms with E-state index in [-0.39, 0.29) is 18.8 Å². The fourth-order valence-corrected chi connectivity index (χ4v) is 3.48. The second kappa shape index (κ2) is 6.86. The Labute approximate surface area is 158 Å². The summed E-state index contributed by atoms with van der Waals surface area (Å²) in [7, 11) is 0. The number of rotatable bonds is 4. The Morgan fingerprint density at radius 1 is 1.11 bits per heavy atom. The number of pyridine rings is 2. The number of aromatic nitrogens is 2. The van der Waals surface area contributed by atoms with Crippen LogP contribution in [-0.2, 0) is 6.18 Å². The van der Waals surface area contributed by atoms with E-state index in [0.717, 1.165) is 43.2 Å². The minimum absolute atomic E-state index is 0.00536. The van der Waals surface area contributed by atoms with Crippen molar-refractivity contribution in [3.8, 4) is 0 Å². The van der Waals surface area contributed by atoms with Gasteiger partial charge in [0.05, 0.1) is 12.1 Å². The predicted octanol–water partition coefficient (Wildman–Crippen LogP) is 5.35. The minimum Gasteiger partial charge on any atom is -0.350 e. The highest BCUT2D eigenvalue weighted by Gasteiger charge is 2.39. The summed E-state index contributed by atoms with van der Waals surface area (Å²) >= 11 is 0. The van der Waals surface area contributed by atoms with E-state index < -0.39 is 24.2 Å². The van der Waals surface area contributed by atoms with Crippen molar-refractivity contribution in [3.63, 3.8) is 0 Å². The fraction of sp³-hybridized carbons (Fsp3) is 0.474. The molecule has 2 aromatic heterocycles. The maximum absolute atomic E-state index is 13.6. The smallest absolute Gasteiger partial charge is 0.350 e. The first-order valence-corrected chi connectivity index (χ1v) is 9.15. The maximum Gasteiger partial charge on any atom is 0.416 e. The molecule has 2 fully saturated rings. The zero-order valence-corrected chi connectivity index (χ0v) is 14.9. The van der Waals surface area contributed by atoms with Crippen LogP contribution in [0.5, 0.6) is 0 Å². The molecule has 1 aliphatic carbocycles. The number of halogens is 5. The summed E-state index contributed by atoms with van der Waals surface area (Å²) in [5.41, 5.74) is 0.139. The summed E-state index contributed by atoms with van der Waals surface area (Å²) in [5.74, 6) is -1.71. The van der Waals surface area contributed by atoms with Crippen LogP contribution in [0.1, 0.15) is 42.7 Å². The zero-order valence-electron chi connectivity index (χ0n) is 14.9. The van der Waals surface area contributed by atoms with Crippen LogP contribution in [0.4, 0.5) is 39.4 Å². The highest BCUT2D eigenvalue weighted by molar-refractivity contribution is 5.59. The van der Waals surface area contributed by atoms with Crippen LogP contribution in [0, 0.1) is 0 Å². The van der Waals surface area contributed by atoms with Gasteiger partial charge in [-0.2, -0.15) is 13.2 Å². The van der Waals surface area contributed by atoms with Crippen molar-refractivity contribution in [2.75, 3.05) is 23.3 Å². The van der Waals surface area contributed by atoms with Gasteiger partial charge in [-0.05, 0) is 48.6 Å². The molecule has 0 atom stereocenters. The Hall–Kier alpha value is -2.45. The molecule has 0 spiro atoms. The average molecular weight is 398 g/mol. The van der Waals surface area contributed by atoms with Crippen LogP contribution in [0.3, 0.4) is 0 Å². The lowest BCUT2D eigenvalue weighted by Crippen LogP contribution is -2.26. The molecule has 0 aromatic carbocycles. The van der Waals surface area contributed by atoms with E-state index in [4.69, 9.17) is 0 Å². The Morgan fingerprint density at radius 2 is 1.89 bits per heavy atom. The first-order valence-electron chi connectivity index (χ1n) is 9.15. The van der Waals surface area contributed by atoms with Crippen molar-refractivity contribution in [3.05, 3.63) is 41.6 Å². The number of alkyl halides is 5. The van der Waals surface area contributed by atoms with Gasteiger partial charge in [-0.25, -0.2) is 18.7 Å². The summed E-state index contributed by atoms with van der Waals surface area (Å²) in [6.07, 6.45) is -0.542. The monoisotopic (exact) mass is 398 g/mol. The molecule has 0 radical (unpaired) electrons. The van der Waals surface area contributed by atoms with Crippen LogP contribution < -0.4 is 10.2 Å². The lowest BCUT2D eigenvalue weighted by Gasteiger charge is -2.28. The number of hydrogen-bond donors (Lipinski definition) is 1. The summed E-state index contributed by atoms with van der Waals surface area (Å²) in [5, 5.41) is 2.81. The number of hydrogen-bond acceptors (Lipinski definition) is 4. The maximum atomic E-state index is 13.6. The Bertz CT molecular complexity index is 864. The van der Waals surface area contributed by atoms with Gasteiger partial charge in [0.25, 0.3) is 5.92 Å². The Kier molecular flexibility index (Phi) is 4.63. The van der Waals surface area contributed by atoms with E-state index in [9.17, 15) is 22.0 Å². The number of anilines is 3. The molecule has 150 valence electrons. The van der Waals surface area contributed by atoms with Gasteiger partial charge in [-0.1, -0.05) is 6.42 Å². The Morgan fingerprint density at radius 3 is 2.50 bits per heavy atom. The van der Waals surface area contributed by atoms with Crippen LogP contribution in [-0.4, -0.2) is 29.0 Å². The number of nitrogens with one attached hydrogen (secondary N) is 1. The van der Waals surface area contributed by atoms with Crippen LogP contribution in [0.2, 0.25) is 0 Å². The number of nitrogens with zero attached hydrogens (tertiary/aromatic N) is 3. The van der Waals surface area contributed by atoms with Crippen molar-refractivity contribution in [1.29, 1.82) is 0 Å². The topological polar surface area (TPSA) is 41.0 Å². The van der Waals surface area contributed by atoms with Gasteiger partial charge in [0, 0.05) is 19.2 Å². The third-order valence-electron chi connectivity index (χ3n) is 5.25. The van der Waals surface area contributed by atoms with E-state index in [1.807, 2.05) is 6.07 Å². The van der Waals surface area contributed by atoms with Gasteiger partial charge in [0.1, 0.15) is 17.5 Å². The van der Waals surface area contributed by atoms with Gasteiger partial charge < -0.3 is 10.2 Å². The SMILES string of the molecule is FC1(F)CCN(c2cc(C3CCC3)cc(Nc3cc(C(F)(F)F)ccn3)n2)C1. The first kappa shape index (κ1) is 18.9. The quantitative estimate of drug-likeness (QED) is 0.705. The molecular weight excluding hydrogens is 379 g/mol. The molecule has 1 aliphatic heterocycles. The second-order valence-corrected chi connectivity index (χ2v) is 7.35. The molecule has 9 heteroatoms. The molecule has 2 aliphatic rings. The summed E-state index contributed by atoms with van der Waals surface area (Å²) in [6, 6.07) is 5.38. The molecule has 0 amide bonds. The molecule has 0 unspecified atom stereocenters. The van der Waals surface area contributed by atoms with Gasteiger partial charge >= 0.3 is 6.18 Å². The van der Waals surface area contributed by atoms with Crippen LogP contribution in [0.25, 0.3) is 0 Å². The molecule has 3 heterocycles. The summed E-state index contributed by atoms with van der Waals surface area (Å²) < 4.78 is 66.0. The third kappa shape index (κ3) is 4.02. The lowest BCUT2D eigenvalue weighted by molar-refractivity contribution is -0.137. The van der Waals surface area contributed by atoms with Gasteiger partial charge in [-0.15, -0.1) is 0 Å². The second-order valence-electron chi connectivity index (χ2n) is 7.35. The lowest BCUT2D eigenvalue weighted by atomic mass is 9.80. The molecule has 28 heavy (non-hydrogen) atoms. The standard InChI is InChI=1S/C19H19F5N4/c20-18(21)5-7-28(11-18)17-9-13(12-2-1-3-12)8-16(27-17)26-15-10-14(4-6-25-15)19(22,23)24/h4,6,8-10,12H,1-3,5,7,11H2,(H,25,26,27). The van der Waals surface area contributed by atoms with Crippen LogP contribution in [0.15, 0.2) is 30.5 Å². The largest absolute Gasteiger partial charge is 0.416 e. The highest BCUT2D eigenvalue weighted by atomic mass is 19.4. The highest BCUT2D eigenvalue weighted by Crippen LogP contribution is 2.40. The van der Waals surface area contributed by atoms with Crippen molar-refractivity contribution in [1.82, 2.24) is 9.97 Å². The van der Waals surface area contributed by atoms with Gasteiger partial charge in [-0.3, -0.25) is 0 Å². The molecule has 4 nitrogen and oxygen atoms in total. The Balaban J connectivity index is 1.64.